The molecule has 0 aliphatic carbocycles. The zero-order valence-corrected chi connectivity index (χ0v) is 12.1. The molecule has 1 aliphatic heterocycles. The second-order valence-corrected chi connectivity index (χ2v) is 4.73. The molecule has 0 radical (unpaired) electrons. The number of hydrogen-bond donors (Lipinski definition) is 2. The van der Waals surface area contributed by atoms with Gasteiger partial charge in [0, 0.05) is 12.3 Å². The molecule has 1 fully saturated rings. The molecule has 6 nitrogen and oxygen atoms in total. The molecule has 114 valence electrons. The number of carbonyl (C=O) groups is 2. The van der Waals surface area contributed by atoms with Gasteiger partial charge in [0.15, 0.2) is 0 Å². The predicted molar refractivity (Wildman–Crippen MR) is 78.2 cm³/mol. The van der Waals surface area contributed by atoms with Gasteiger partial charge >= 0.3 is 0 Å². The van der Waals surface area contributed by atoms with Gasteiger partial charge in [0.05, 0.1) is 13.2 Å². The molecule has 1 aromatic carbocycles. The third-order valence-electron chi connectivity index (χ3n) is 3.09. The van der Waals surface area contributed by atoms with Crippen LogP contribution in [0, 0.1) is 0 Å². The molecule has 1 heterocycles. The lowest BCUT2D eigenvalue weighted by molar-refractivity contribution is -0.131. The Bertz CT molecular complexity index is 481. The van der Waals surface area contributed by atoms with Gasteiger partial charge < -0.3 is 20.1 Å². The highest BCUT2D eigenvalue weighted by atomic mass is 16.5. The van der Waals surface area contributed by atoms with Crippen molar-refractivity contribution in [2.75, 3.05) is 25.1 Å². The Kier molecular flexibility index (Phi) is 5.57. The van der Waals surface area contributed by atoms with E-state index in [1.54, 1.807) is 24.3 Å². The van der Waals surface area contributed by atoms with E-state index in [1.165, 1.54) is 0 Å². The Morgan fingerprint density at radius 2 is 2.10 bits per heavy atom. The number of benzene rings is 1. The predicted octanol–water partition coefficient (Wildman–Crippen LogP) is 1.32. The van der Waals surface area contributed by atoms with Gasteiger partial charge in [0.2, 0.25) is 11.8 Å². The SMILES string of the molecule is CCOc1ccc(NC(=O)CNC(=O)C2CCCO2)cc1. The van der Waals surface area contributed by atoms with E-state index >= 15 is 0 Å². The van der Waals surface area contributed by atoms with E-state index in [9.17, 15) is 9.59 Å². The highest BCUT2D eigenvalue weighted by Crippen LogP contribution is 2.15. The van der Waals surface area contributed by atoms with Gasteiger partial charge in [-0.05, 0) is 44.0 Å². The fraction of sp³-hybridized carbons (Fsp3) is 0.467. The van der Waals surface area contributed by atoms with Crippen molar-refractivity contribution in [3.8, 4) is 5.75 Å². The summed E-state index contributed by atoms with van der Waals surface area (Å²) in [6, 6.07) is 7.07. The first-order chi connectivity index (χ1) is 10.2. The number of amides is 2. The van der Waals surface area contributed by atoms with Crippen LogP contribution < -0.4 is 15.4 Å². The summed E-state index contributed by atoms with van der Waals surface area (Å²) in [5.41, 5.74) is 0.662. The minimum atomic E-state index is -0.414. The number of hydrogen-bond acceptors (Lipinski definition) is 4. The molecule has 1 aliphatic rings. The van der Waals surface area contributed by atoms with Crippen molar-refractivity contribution >= 4 is 17.5 Å². The van der Waals surface area contributed by atoms with E-state index in [4.69, 9.17) is 9.47 Å². The molecule has 1 atom stereocenters. The van der Waals surface area contributed by atoms with Gasteiger partial charge in [-0.1, -0.05) is 0 Å². The summed E-state index contributed by atoms with van der Waals surface area (Å²) < 4.78 is 10.6. The van der Waals surface area contributed by atoms with Crippen molar-refractivity contribution in [3.05, 3.63) is 24.3 Å². The second-order valence-electron chi connectivity index (χ2n) is 4.73. The Morgan fingerprint density at radius 3 is 2.71 bits per heavy atom. The van der Waals surface area contributed by atoms with Crippen LogP contribution in [0.25, 0.3) is 0 Å². The first kappa shape index (κ1) is 15.3. The van der Waals surface area contributed by atoms with E-state index in [1.807, 2.05) is 6.92 Å². The van der Waals surface area contributed by atoms with Gasteiger partial charge in [-0.3, -0.25) is 9.59 Å². The van der Waals surface area contributed by atoms with Crippen molar-refractivity contribution < 1.29 is 19.1 Å². The highest BCUT2D eigenvalue weighted by Gasteiger charge is 2.23. The smallest absolute Gasteiger partial charge is 0.249 e. The first-order valence-electron chi connectivity index (χ1n) is 7.11. The van der Waals surface area contributed by atoms with Crippen LogP contribution >= 0.6 is 0 Å². The van der Waals surface area contributed by atoms with Gasteiger partial charge in [0.1, 0.15) is 11.9 Å². The molecule has 2 N–H and O–H groups in total. The molecule has 1 saturated heterocycles. The Hall–Kier alpha value is -2.08. The van der Waals surface area contributed by atoms with E-state index in [0.29, 0.717) is 25.3 Å². The minimum absolute atomic E-state index is 0.0636. The van der Waals surface area contributed by atoms with E-state index in [-0.39, 0.29) is 18.4 Å². The van der Waals surface area contributed by atoms with Gasteiger partial charge in [-0.2, -0.15) is 0 Å². The molecule has 0 saturated carbocycles. The molecule has 21 heavy (non-hydrogen) atoms. The summed E-state index contributed by atoms with van der Waals surface area (Å²) >= 11 is 0. The van der Waals surface area contributed by atoms with E-state index in [2.05, 4.69) is 10.6 Å². The average molecular weight is 292 g/mol. The van der Waals surface area contributed by atoms with Gasteiger partial charge in [-0.25, -0.2) is 0 Å². The summed E-state index contributed by atoms with van der Waals surface area (Å²) in [7, 11) is 0. The van der Waals surface area contributed by atoms with Crippen molar-refractivity contribution in [3.63, 3.8) is 0 Å². The normalized spacial score (nSPS) is 17.3. The maximum atomic E-state index is 11.7. The van der Waals surface area contributed by atoms with Crippen molar-refractivity contribution in [2.45, 2.75) is 25.9 Å². The number of anilines is 1. The minimum Gasteiger partial charge on any atom is -0.494 e. The molecule has 2 rings (SSSR count). The van der Waals surface area contributed by atoms with Crippen LogP contribution in [0.2, 0.25) is 0 Å². The van der Waals surface area contributed by atoms with Crippen LogP contribution in [0.15, 0.2) is 24.3 Å². The maximum Gasteiger partial charge on any atom is 0.249 e. The zero-order valence-electron chi connectivity index (χ0n) is 12.1. The van der Waals surface area contributed by atoms with Crippen molar-refractivity contribution in [2.24, 2.45) is 0 Å². The van der Waals surface area contributed by atoms with Gasteiger partial charge in [0.25, 0.3) is 0 Å². The van der Waals surface area contributed by atoms with Crippen LogP contribution in [0.5, 0.6) is 5.75 Å². The third kappa shape index (κ3) is 4.75. The lowest BCUT2D eigenvalue weighted by Crippen LogP contribution is -2.39. The number of carbonyl (C=O) groups excluding carboxylic acids is 2. The maximum absolute atomic E-state index is 11.7. The van der Waals surface area contributed by atoms with E-state index < -0.39 is 6.10 Å². The second kappa shape index (κ2) is 7.64. The number of rotatable bonds is 6. The van der Waals surface area contributed by atoms with Crippen LogP contribution in [0.3, 0.4) is 0 Å². The molecule has 1 aromatic rings. The largest absolute Gasteiger partial charge is 0.494 e. The average Bonchev–Trinajstić information content (AvgIpc) is 3.01. The Balaban J connectivity index is 1.74. The summed E-state index contributed by atoms with van der Waals surface area (Å²) in [4.78, 5) is 23.4. The third-order valence-corrected chi connectivity index (χ3v) is 3.09. The first-order valence-corrected chi connectivity index (χ1v) is 7.11. The lowest BCUT2D eigenvalue weighted by atomic mass is 10.2. The van der Waals surface area contributed by atoms with Gasteiger partial charge in [-0.15, -0.1) is 0 Å². The quantitative estimate of drug-likeness (QED) is 0.829. The molecule has 0 aromatic heterocycles. The fourth-order valence-corrected chi connectivity index (χ4v) is 2.07. The fourth-order valence-electron chi connectivity index (χ4n) is 2.07. The van der Waals surface area contributed by atoms with Crippen LogP contribution in [0.1, 0.15) is 19.8 Å². The standard InChI is InChI=1S/C15H20N2O4/c1-2-20-12-7-5-11(6-8-12)17-14(18)10-16-15(19)13-4-3-9-21-13/h5-8,13H,2-4,9-10H2,1H3,(H,16,19)(H,17,18). The Morgan fingerprint density at radius 1 is 1.33 bits per heavy atom. The molecule has 6 heteroatoms. The van der Waals surface area contributed by atoms with Crippen LogP contribution in [-0.2, 0) is 14.3 Å². The monoisotopic (exact) mass is 292 g/mol. The summed E-state index contributed by atoms with van der Waals surface area (Å²) in [6.07, 6.45) is 1.19. The lowest BCUT2D eigenvalue weighted by Gasteiger charge is -2.11. The molecular weight excluding hydrogens is 272 g/mol. The highest BCUT2D eigenvalue weighted by molar-refractivity contribution is 5.95. The zero-order chi connectivity index (χ0) is 15.1. The molecule has 2 amide bonds. The molecule has 0 bridgehead atoms. The van der Waals surface area contributed by atoms with Crippen LogP contribution in [0.4, 0.5) is 5.69 Å². The summed E-state index contributed by atoms with van der Waals surface area (Å²) in [5.74, 6) is 0.252. The molecule has 1 unspecified atom stereocenters. The van der Waals surface area contributed by atoms with Crippen LogP contribution in [-0.4, -0.2) is 37.7 Å². The van der Waals surface area contributed by atoms with E-state index in [0.717, 1.165) is 12.2 Å². The number of ether oxygens (including phenoxy) is 2. The topological polar surface area (TPSA) is 76.7 Å². The summed E-state index contributed by atoms with van der Waals surface area (Å²) in [6.45, 7) is 3.05. The van der Waals surface area contributed by atoms with Crippen molar-refractivity contribution in [1.29, 1.82) is 0 Å². The molecular formula is C15H20N2O4. The molecule has 0 spiro atoms. The summed E-state index contributed by atoms with van der Waals surface area (Å²) in [5, 5.41) is 5.28. The van der Waals surface area contributed by atoms with Crippen molar-refractivity contribution in [1.82, 2.24) is 5.32 Å². The number of nitrogens with one attached hydrogen (secondary N) is 2. The Labute approximate surface area is 123 Å².